The zero-order valence-electron chi connectivity index (χ0n) is 17.0. The number of fused-ring (bicyclic) bond motifs is 4. The summed E-state index contributed by atoms with van der Waals surface area (Å²) < 4.78 is 40.3. The molecule has 3 heterocycles. The number of alkyl halides is 3. The summed E-state index contributed by atoms with van der Waals surface area (Å²) in [6.45, 7) is 7.48. The van der Waals surface area contributed by atoms with Crippen LogP contribution in [0.3, 0.4) is 0 Å². The number of piperidine rings is 1. The predicted molar refractivity (Wildman–Crippen MR) is 109 cm³/mol. The van der Waals surface area contributed by atoms with Gasteiger partial charge < -0.3 is 10.6 Å². The number of amidine groups is 1. The zero-order valence-corrected chi connectivity index (χ0v) is 17.0. The fraction of sp³-hybridized carbons (Fsp3) is 0.409. The Hall–Kier alpha value is -2.90. The van der Waals surface area contributed by atoms with Crippen molar-refractivity contribution in [3.63, 3.8) is 0 Å². The van der Waals surface area contributed by atoms with Gasteiger partial charge in [-0.15, -0.1) is 0 Å². The number of halogens is 3. The summed E-state index contributed by atoms with van der Waals surface area (Å²) in [5, 5.41) is 7.91. The SMILES string of the molecule is C=C(c1cccc(C(F)(F)F)c1C)N1C2CCCC1c1nc(C)nc(C(=N)N)c1C2. The summed E-state index contributed by atoms with van der Waals surface area (Å²) in [6, 6.07) is 4.18. The van der Waals surface area contributed by atoms with Gasteiger partial charge in [-0.1, -0.05) is 18.7 Å². The van der Waals surface area contributed by atoms with E-state index in [4.69, 9.17) is 11.1 Å². The van der Waals surface area contributed by atoms with Crippen molar-refractivity contribution in [2.75, 3.05) is 0 Å². The number of nitrogens with zero attached hydrogens (tertiary/aromatic N) is 3. The van der Waals surface area contributed by atoms with Crippen LogP contribution in [0.15, 0.2) is 24.8 Å². The predicted octanol–water partition coefficient (Wildman–Crippen LogP) is 4.52. The largest absolute Gasteiger partial charge is 0.416 e. The molecule has 3 N–H and O–H groups in total. The minimum atomic E-state index is -4.41. The molecule has 1 fully saturated rings. The molecular weight excluding hydrogens is 391 g/mol. The highest BCUT2D eigenvalue weighted by Gasteiger charge is 2.41. The van der Waals surface area contributed by atoms with E-state index in [-0.39, 0.29) is 23.5 Å². The lowest BCUT2D eigenvalue weighted by atomic mass is 9.80. The Morgan fingerprint density at radius 2 is 1.97 bits per heavy atom. The van der Waals surface area contributed by atoms with Crippen LogP contribution >= 0.6 is 0 Å². The summed E-state index contributed by atoms with van der Waals surface area (Å²) >= 11 is 0. The summed E-state index contributed by atoms with van der Waals surface area (Å²) in [5.41, 5.74) is 8.57. The second-order valence-corrected chi connectivity index (χ2v) is 8.03. The molecule has 2 aliphatic heterocycles. The lowest BCUT2D eigenvalue weighted by molar-refractivity contribution is -0.138. The van der Waals surface area contributed by atoms with Gasteiger partial charge in [-0.3, -0.25) is 5.41 Å². The van der Waals surface area contributed by atoms with Crippen molar-refractivity contribution < 1.29 is 13.2 Å². The van der Waals surface area contributed by atoms with Crippen LogP contribution in [0, 0.1) is 19.3 Å². The Bertz CT molecular complexity index is 1040. The standard InChI is InChI=1S/C22H24F3N5/c1-11-15(7-5-8-17(11)22(23,24)25)12(2)30-14-6-4-9-18(30)19-16(10-14)20(21(26)27)29-13(3)28-19/h5,7-8,14,18H,2,4,6,9-10H2,1,3H3,(H3,26,27). The van der Waals surface area contributed by atoms with E-state index in [2.05, 4.69) is 21.4 Å². The van der Waals surface area contributed by atoms with Crippen LogP contribution in [0.2, 0.25) is 0 Å². The quantitative estimate of drug-likeness (QED) is 0.571. The van der Waals surface area contributed by atoms with Crippen LogP contribution in [-0.2, 0) is 12.6 Å². The summed E-state index contributed by atoms with van der Waals surface area (Å²) in [7, 11) is 0. The average molecular weight is 415 g/mol. The highest BCUT2D eigenvalue weighted by atomic mass is 19.4. The van der Waals surface area contributed by atoms with Gasteiger partial charge in [0.25, 0.3) is 0 Å². The number of hydrogen-bond acceptors (Lipinski definition) is 4. The minimum Gasteiger partial charge on any atom is -0.382 e. The van der Waals surface area contributed by atoms with E-state index in [0.29, 0.717) is 29.2 Å². The molecule has 0 spiro atoms. The molecule has 0 aliphatic carbocycles. The lowest BCUT2D eigenvalue weighted by Gasteiger charge is -2.49. The summed E-state index contributed by atoms with van der Waals surface area (Å²) in [4.78, 5) is 11.2. The van der Waals surface area contributed by atoms with Gasteiger partial charge in [0, 0.05) is 22.9 Å². The van der Waals surface area contributed by atoms with Crippen molar-refractivity contribution in [1.82, 2.24) is 14.9 Å². The molecule has 2 atom stereocenters. The van der Waals surface area contributed by atoms with E-state index in [1.165, 1.54) is 13.0 Å². The van der Waals surface area contributed by atoms with Crippen LogP contribution in [0.1, 0.15) is 64.8 Å². The first-order valence-corrected chi connectivity index (χ1v) is 9.95. The van der Waals surface area contributed by atoms with E-state index in [9.17, 15) is 13.2 Å². The summed E-state index contributed by atoms with van der Waals surface area (Å²) in [5.74, 6) is 0.444. The average Bonchev–Trinajstić information content (AvgIpc) is 2.66. The molecule has 2 aliphatic rings. The normalized spacial score (nSPS) is 20.6. The third kappa shape index (κ3) is 3.24. The maximum absolute atomic E-state index is 13.4. The van der Waals surface area contributed by atoms with Crippen molar-refractivity contribution in [2.45, 2.75) is 57.8 Å². The van der Waals surface area contributed by atoms with Crippen LogP contribution in [-0.4, -0.2) is 26.7 Å². The van der Waals surface area contributed by atoms with E-state index in [0.717, 1.165) is 36.6 Å². The van der Waals surface area contributed by atoms with Crippen molar-refractivity contribution in [3.8, 4) is 0 Å². The minimum absolute atomic E-state index is 0.0575. The number of rotatable bonds is 3. The first-order valence-electron chi connectivity index (χ1n) is 9.95. The van der Waals surface area contributed by atoms with Gasteiger partial charge in [0.05, 0.1) is 17.3 Å². The molecule has 0 saturated carbocycles. The number of aromatic nitrogens is 2. The van der Waals surface area contributed by atoms with Gasteiger partial charge in [-0.2, -0.15) is 13.2 Å². The Morgan fingerprint density at radius 3 is 2.63 bits per heavy atom. The third-order valence-corrected chi connectivity index (χ3v) is 6.17. The van der Waals surface area contributed by atoms with Crippen LogP contribution in [0.25, 0.3) is 5.70 Å². The number of nitrogens with two attached hydrogens (primary N) is 1. The topological polar surface area (TPSA) is 78.9 Å². The van der Waals surface area contributed by atoms with Gasteiger partial charge in [-0.05, 0) is 51.2 Å². The first kappa shape index (κ1) is 20.4. The Kier molecular flexibility index (Phi) is 4.83. The molecule has 0 radical (unpaired) electrons. The molecule has 1 aromatic carbocycles. The summed E-state index contributed by atoms with van der Waals surface area (Å²) in [6.07, 6.45) is -1.12. The highest BCUT2D eigenvalue weighted by molar-refractivity contribution is 5.94. The van der Waals surface area contributed by atoms with E-state index in [1.54, 1.807) is 13.0 Å². The number of hydrogen-bond donors (Lipinski definition) is 2. The van der Waals surface area contributed by atoms with Crippen molar-refractivity contribution >= 4 is 11.5 Å². The molecule has 1 saturated heterocycles. The molecular formula is C22H24F3N5. The van der Waals surface area contributed by atoms with Gasteiger partial charge in [0.2, 0.25) is 0 Å². The van der Waals surface area contributed by atoms with Gasteiger partial charge in [0.15, 0.2) is 0 Å². The first-order chi connectivity index (χ1) is 14.1. The lowest BCUT2D eigenvalue weighted by Crippen LogP contribution is -2.46. The van der Waals surface area contributed by atoms with Crippen molar-refractivity contribution in [3.05, 3.63) is 64.2 Å². The Labute approximate surface area is 173 Å². The van der Waals surface area contributed by atoms with Crippen LogP contribution < -0.4 is 5.73 Å². The molecule has 0 amide bonds. The van der Waals surface area contributed by atoms with Crippen molar-refractivity contribution in [1.29, 1.82) is 5.41 Å². The molecule has 2 bridgehead atoms. The van der Waals surface area contributed by atoms with Crippen LogP contribution in [0.4, 0.5) is 13.2 Å². The van der Waals surface area contributed by atoms with Gasteiger partial charge >= 0.3 is 6.18 Å². The maximum Gasteiger partial charge on any atom is 0.416 e. The molecule has 1 aromatic heterocycles. The molecule has 5 nitrogen and oxygen atoms in total. The van der Waals surface area contributed by atoms with Crippen LogP contribution in [0.5, 0.6) is 0 Å². The van der Waals surface area contributed by atoms with E-state index < -0.39 is 11.7 Å². The number of nitrogens with one attached hydrogen (secondary N) is 1. The second kappa shape index (κ2) is 7.11. The smallest absolute Gasteiger partial charge is 0.382 e. The van der Waals surface area contributed by atoms with Crippen molar-refractivity contribution in [2.24, 2.45) is 5.73 Å². The monoisotopic (exact) mass is 415 g/mol. The van der Waals surface area contributed by atoms with E-state index in [1.807, 2.05) is 0 Å². The van der Waals surface area contributed by atoms with Gasteiger partial charge in [0.1, 0.15) is 17.4 Å². The molecule has 4 rings (SSSR count). The number of nitrogen functional groups attached to an aromatic ring is 1. The third-order valence-electron chi connectivity index (χ3n) is 6.17. The molecule has 8 heteroatoms. The number of aryl methyl sites for hydroxylation is 1. The van der Waals surface area contributed by atoms with E-state index >= 15 is 0 Å². The zero-order chi connectivity index (χ0) is 21.8. The second-order valence-electron chi connectivity index (χ2n) is 8.03. The molecule has 2 unspecified atom stereocenters. The highest BCUT2D eigenvalue weighted by Crippen LogP contribution is 2.46. The molecule has 2 aromatic rings. The molecule has 158 valence electrons. The number of benzene rings is 1. The fourth-order valence-corrected chi connectivity index (χ4v) is 4.90. The Morgan fingerprint density at radius 1 is 1.23 bits per heavy atom. The maximum atomic E-state index is 13.4. The molecule has 30 heavy (non-hydrogen) atoms. The Balaban J connectivity index is 1.81. The fourth-order valence-electron chi connectivity index (χ4n) is 4.90. The van der Waals surface area contributed by atoms with Gasteiger partial charge in [-0.25, -0.2) is 9.97 Å².